The lowest BCUT2D eigenvalue weighted by Crippen LogP contribution is -2.30. The van der Waals surface area contributed by atoms with Crippen molar-refractivity contribution >= 4 is 17.7 Å². The molecule has 0 aromatic carbocycles. The summed E-state index contributed by atoms with van der Waals surface area (Å²) in [5.74, 6) is 7.84. The fraction of sp³-hybridized carbons (Fsp3) is 0.462. The summed E-state index contributed by atoms with van der Waals surface area (Å²) >= 11 is 1.30. The average molecular weight is 307 g/mol. The molecular formula is C13H17N5O2S. The van der Waals surface area contributed by atoms with Gasteiger partial charge in [-0.3, -0.25) is 4.79 Å². The van der Waals surface area contributed by atoms with Gasteiger partial charge in [-0.05, 0) is 31.9 Å². The SMILES string of the molecule is C[C@@H](Sc1nnc(C2CC2)n1N)C(=O)NCc1ccco1. The molecule has 0 bridgehead atoms. The lowest BCUT2D eigenvalue weighted by atomic mass is 10.4. The Kier molecular flexibility index (Phi) is 3.87. The number of carbonyl (C=O) groups excluding carboxylic acids is 1. The smallest absolute Gasteiger partial charge is 0.233 e. The van der Waals surface area contributed by atoms with E-state index in [0.29, 0.717) is 17.6 Å². The van der Waals surface area contributed by atoms with Gasteiger partial charge in [-0.2, -0.15) is 0 Å². The van der Waals surface area contributed by atoms with Crippen LogP contribution in [-0.2, 0) is 11.3 Å². The van der Waals surface area contributed by atoms with E-state index in [4.69, 9.17) is 10.3 Å². The Morgan fingerprint density at radius 1 is 1.62 bits per heavy atom. The van der Waals surface area contributed by atoms with E-state index >= 15 is 0 Å². The van der Waals surface area contributed by atoms with E-state index in [-0.39, 0.29) is 11.2 Å². The van der Waals surface area contributed by atoms with Gasteiger partial charge >= 0.3 is 0 Å². The summed E-state index contributed by atoms with van der Waals surface area (Å²) in [6, 6.07) is 3.60. The Bertz CT molecular complexity index is 621. The first-order chi connectivity index (χ1) is 10.1. The predicted molar refractivity (Wildman–Crippen MR) is 78.0 cm³/mol. The second-order valence-corrected chi connectivity index (χ2v) is 6.35. The van der Waals surface area contributed by atoms with Gasteiger partial charge in [0.15, 0.2) is 5.82 Å². The number of hydrogen-bond acceptors (Lipinski definition) is 6. The number of carbonyl (C=O) groups is 1. The van der Waals surface area contributed by atoms with Crippen LogP contribution in [0.25, 0.3) is 0 Å². The van der Waals surface area contributed by atoms with Crippen molar-refractivity contribution in [2.24, 2.45) is 0 Å². The summed E-state index contributed by atoms with van der Waals surface area (Å²) in [6.45, 7) is 2.19. The zero-order valence-electron chi connectivity index (χ0n) is 11.7. The third kappa shape index (κ3) is 3.21. The topological polar surface area (TPSA) is 99.0 Å². The quantitative estimate of drug-likeness (QED) is 0.616. The van der Waals surface area contributed by atoms with Crippen LogP contribution in [0.1, 0.15) is 37.3 Å². The maximum atomic E-state index is 12.0. The second-order valence-electron chi connectivity index (χ2n) is 5.04. The highest BCUT2D eigenvalue weighted by atomic mass is 32.2. The van der Waals surface area contributed by atoms with Crippen LogP contribution in [-0.4, -0.2) is 26.0 Å². The van der Waals surface area contributed by atoms with E-state index in [0.717, 1.165) is 24.4 Å². The molecule has 0 unspecified atom stereocenters. The normalized spacial score (nSPS) is 15.9. The first-order valence-electron chi connectivity index (χ1n) is 6.82. The number of nitrogen functional groups attached to an aromatic ring is 1. The Morgan fingerprint density at radius 2 is 2.43 bits per heavy atom. The van der Waals surface area contributed by atoms with Crippen LogP contribution in [0.5, 0.6) is 0 Å². The number of nitrogens with one attached hydrogen (secondary N) is 1. The molecule has 7 nitrogen and oxygen atoms in total. The molecule has 112 valence electrons. The van der Waals surface area contributed by atoms with E-state index in [1.54, 1.807) is 12.3 Å². The number of rotatable bonds is 6. The Labute approximate surface area is 126 Å². The highest BCUT2D eigenvalue weighted by Crippen LogP contribution is 2.39. The molecule has 1 saturated carbocycles. The van der Waals surface area contributed by atoms with Crippen LogP contribution in [0, 0.1) is 0 Å². The van der Waals surface area contributed by atoms with Crippen molar-refractivity contribution in [2.75, 3.05) is 5.84 Å². The van der Waals surface area contributed by atoms with Crippen LogP contribution < -0.4 is 11.2 Å². The van der Waals surface area contributed by atoms with Gasteiger partial charge in [0, 0.05) is 5.92 Å². The largest absolute Gasteiger partial charge is 0.467 e. The van der Waals surface area contributed by atoms with E-state index in [1.807, 2.05) is 13.0 Å². The average Bonchev–Trinajstić information content (AvgIpc) is 3.06. The minimum absolute atomic E-state index is 0.0904. The van der Waals surface area contributed by atoms with Gasteiger partial charge < -0.3 is 15.6 Å². The van der Waals surface area contributed by atoms with Gasteiger partial charge in [0.25, 0.3) is 0 Å². The molecule has 1 amide bonds. The van der Waals surface area contributed by atoms with Crippen molar-refractivity contribution in [3.05, 3.63) is 30.0 Å². The number of aromatic nitrogens is 3. The van der Waals surface area contributed by atoms with Crippen molar-refractivity contribution in [1.82, 2.24) is 20.2 Å². The van der Waals surface area contributed by atoms with Crippen molar-refractivity contribution in [2.45, 2.75) is 42.6 Å². The van der Waals surface area contributed by atoms with Gasteiger partial charge in [0.05, 0.1) is 18.1 Å². The summed E-state index contributed by atoms with van der Waals surface area (Å²) in [7, 11) is 0. The highest BCUT2D eigenvalue weighted by molar-refractivity contribution is 8.00. The second kappa shape index (κ2) is 5.80. The molecule has 1 atom stereocenters. The number of nitrogens with two attached hydrogens (primary N) is 1. The minimum Gasteiger partial charge on any atom is -0.467 e. The molecule has 0 saturated heterocycles. The lowest BCUT2D eigenvalue weighted by molar-refractivity contribution is -0.120. The van der Waals surface area contributed by atoms with Gasteiger partial charge in [-0.15, -0.1) is 10.2 Å². The van der Waals surface area contributed by atoms with Crippen LogP contribution in [0.2, 0.25) is 0 Å². The fourth-order valence-electron chi connectivity index (χ4n) is 1.93. The van der Waals surface area contributed by atoms with E-state index < -0.39 is 0 Å². The van der Waals surface area contributed by atoms with Crippen LogP contribution >= 0.6 is 11.8 Å². The Balaban J connectivity index is 1.55. The van der Waals surface area contributed by atoms with Crippen LogP contribution in [0.15, 0.2) is 28.0 Å². The molecular weight excluding hydrogens is 290 g/mol. The molecule has 2 aromatic heterocycles. The van der Waals surface area contributed by atoms with Crippen molar-refractivity contribution < 1.29 is 9.21 Å². The molecule has 0 spiro atoms. The summed E-state index contributed by atoms with van der Waals surface area (Å²) in [6.07, 6.45) is 3.80. The monoisotopic (exact) mass is 307 g/mol. The predicted octanol–water partition coefficient (Wildman–Crippen LogP) is 1.26. The molecule has 0 aliphatic heterocycles. The zero-order chi connectivity index (χ0) is 14.8. The molecule has 3 N–H and O–H groups in total. The lowest BCUT2D eigenvalue weighted by Gasteiger charge is -2.10. The maximum Gasteiger partial charge on any atom is 0.233 e. The van der Waals surface area contributed by atoms with Gasteiger partial charge in [0.1, 0.15) is 5.76 Å². The first-order valence-corrected chi connectivity index (χ1v) is 7.70. The molecule has 1 aliphatic rings. The number of nitrogens with zero attached hydrogens (tertiary/aromatic N) is 3. The molecule has 2 aromatic rings. The molecule has 1 fully saturated rings. The molecule has 0 radical (unpaired) electrons. The summed E-state index contributed by atoms with van der Waals surface area (Å²) in [4.78, 5) is 12.0. The van der Waals surface area contributed by atoms with Gasteiger partial charge in [-0.25, -0.2) is 4.68 Å². The van der Waals surface area contributed by atoms with Crippen molar-refractivity contribution in [3.63, 3.8) is 0 Å². The van der Waals surface area contributed by atoms with E-state index in [1.165, 1.54) is 16.4 Å². The molecule has 2 heterocycles. The minimum atomic E-state index is -0.307. The Hall–Kier alpha value is -1.96. The summed E-state index contributed by atoms with van der Waals surface area (Å²) < 4.78 is 6.67. The highest BCUT2D eigenvalue weighted by Gasteiger charge is 2.30. The summed E-state index contributed by atoms with van der Waals surface area (Å²) in [5, 5.41) is 11.2. The standard InChI is InChI=1S/C13H17N5O2S/c1-8(12(19)15-7-10-3-2-6-20-10)21-13-17-16-11(18(13)14)9-4-5-9/h2-3,6,8-9H,4-5,7,14H2,1H3,(H,15,19)/t8-/m1/s1. The van der Waals surface area contributed by atoms with Crippen molar-refractivity contribution in [3.8, 4) is 0 Å². The number of furan rings is 1. The molecule has 8 heteroatoms. The van der Waals surface area contributed by atoms with Gasteiger partial charge in [0.2, 0.25) is 11.1 Å². The molecule has 1 aliphatic carbocycles. The fourth-order valence-corrected chi connectivity index (χ4v) is 2.73. The van der Waals surface area contributed by atoms with Gasteiger partial charge in [-0.1, -0.05) is 11.8 Å². The zero-order valence-corrected chi connectivity index (χ0v) is 12.5. The molecule has 21 heavy (non-hydrogen) atoms. The first kappa shape index (κ1) is 14.0. The van der Waals surface area contributed by atoms with Crippen LogP contribution in [0.4, 0.5) is 0 Å². The number of amides is 1. The van der Waals surface area contributed by atoms with Crippen molar-refractivity contribution in [1.29, 1.82) is 0 Å². The van der Waals surface area contributed by atoms with E-state index in [2.05, 4.69) is 15.5 Å². The third-order valence-electron chi connectivity index (χ3n) is 3.30. The maximum absolute atomic E-state index is 12.0. The van der Waals surface area contributed by atoms with E-state index in [9.17, 15) is 4.79 Å². The number of thioether (sulfide) groups is 1. The molecule has 3 rings (SSSR count). The number of hydrogen-bond donors (Lipinski definition) is 2. The summed E-state index contributed by atoms with van der Waals surface area (Å²) in [5.41, 5.74) is 0. The third-order valence-corrected chi connectivity index (χ3v) is 4.36. The Morgan fingerprint density at radius 3 is 3.10 bits per heavy atom. The van der Waals surface area contributed by atoms with Crippen LogP contribution in [0.3, 0.4) is 0 Å².